The maximum Gasteiger partial charge on any atom is 0.259 e. The lowest BCUT2D eigenvalue weighted by molar-refractivity contribution is 0.0965. The van der Waals surface area contributed by atoms with Crippen molar-refractivity contribution < 1.29 is 13.6 Å². The van der Waals surface area contributed by atoms with Crippen molar-refractivity contribution >= 4 is 17.7 Å². The van der Waals surface area contributed by atoms with Crippen LogP contribution in [0.3, 0.4) is 0 Å². The van der Waals surface area contributed by atoms with Crippen molar-refractivity contribution in [3.05, 3.63) is 77.0 Å². The molecule has 26 heavy (non-hydrogen) atoms. The first kappa shape index (κ1) is 16.5. The fourth-order valence-electron chi connectivity index (χ4n) is 2.65. The number of aromatic nitrogens is 2. The summed E-state index contributed by atoms with van der Waals surface area (Å²) in [6, 6.07) is 11.5. The minimum Gasteiger partial charge on any atom is -0.463 e. The lowest BCUT2D eigenvalue weighted by Gasteiger charge is -2.11. The van der Waals surface area contributed by atoms with Crippen molar-refractivity contribution in [1.82, 2.24) is 20.4 Å². The van der Waals surface area contributed by atoms with E-state index in [9.17, 15) is 9.18 Å². The predicted molar refractivity (Wildman–Crippen MR) is 96.3 cm³/mol. The molecular formula is C18H15FN4O2S. The van der Waals surface area contributed by atoms with Crippen LogP contribution in [-0.2, 0) is 7.05 Å². The Morgan fingerprint density at radius 2 is 2.19 bits per heavy atom. The van der Waals surface area contributed by atoms with E-state index in [2.05, 4.69) is 15.7 Å². The van der Waals surface area contributed by atoms with Gasteiger partial charge in [-0.3, -0.25) is 9.48 Å². The molecule has 0 spiro atoms. The van der Waals surface area contributed by atoms with E-state index in [0.717, 1.165) is 11.4 Å². The molecule has 0 radical (unpaired) electrons. The van der Waals surface area contributed by atoms with E-state index in [1.165, 1.54) is 23.9 Å². The molecule has 0 saturated heterocycles. The maximum atomic E-state index is 13.7. The molecule has 1 aliphatic heterocycles. The quantitative estimate of drug-likeness (QED) is 0.737. The van der Waals surface area contributed by atoms with Crippen LogP contribution in [0.25, 0.3) is 11.5 Å². The van der Waals surface area contributed by atoms with Gasteiger partial charge in [-0.05, 0) is 30.3 Å². The van der Waals surface area contributed by atoms with Gasteiger partial charge in [-0.15, -0.1) is 0 Å². The first-order chi connectivity index (χ1) is 12.6. The molecule has 3 heterocycles. The van der Waals surface area contributed by atoms with Crippen molar-refractivity contribution in [3.8, 4) is 11.5 Å². The van der Waals surface area contributed by atoms with Gasteiger partial charge in [0.15, 0.2) is 5.76 Å². The van der Waals surface area contributed by atoms with Crippen molar-refractivity contribution in [2.45, 2.75) is 5.37 Å². The van der Waals surface area contributed by atoms with Crippen LogP contribution in [0, 0.1) is 5.82 Å². The molecule has 1 atom stereocenters. The number of thioether (sulfide) groups is 1. The van der Waals surface area contributed by atoms with Crippen LogP contribution in [0.15, 0.2) is 64.4 Å². The Morgan fingerprint density at radius 3 is 2.96 bits per heavy atom. The molecule has 2 aromatic heterocycles. The lowest BCUT2D eigenvalue weighted by atomic mass is 10.2. The van der Waals surface area contributed by atoms with Crippen LogP contribution in [0.4, 0.5) is 4.39 Å². The van der Waals surface area contributed by atoms with Gasteiger partial charge in [-0.25, -0.2) is 4.39 Å². The molecule has 6 nitrogen and oxygen atoms in total. The van der Waals surface area contributed by atoms with Gasteiger partial charge in [0, 0.05) is 13.2 Å². The van der Waals surface area contributed by atoms with E-state index >= 15 is 0 Å². The van der Waals surface area contributed by atoms with Crippen LogP contribution in [-0.4, -0.2) is 15.7 Å². The van der Waals surface area contributed by atoms with Crippen LogP contribution in [0.5, 0.6) is 0 Å². The van der Waals surface area contributed by atoms with Crippen LogP contribution < -0.4 is 10.6 Å². The highest BCUT2D eigenvalue weighted by Gasteiger charge is 2.25. The van der Waals surface area contributed by atoms with E-state index in [0.29, 0.717) is 10.8 Å². The van der Waals surface area contributed by atoms with Gasteiger partial charge in [0.1, 0.15) is 16.9 Å². The minimum atomic E-state index is -0.548. The first-order valence-corrected chi connectivity index (χ1v) is 8.76. The third-order valence-electron chi connectivity index (χ3n) is 3.92. The third kappa shape index (κ3) is 3.11. The summed E-state index contributed by atoms with van der Waals surface area (Å²) in [4.78, 5) is 12.2. The average Bonchev–Trinajstić information content (AvgIpc) is 3.35. The number of nitrogens with one attached hydrogen (secondary N) is 2. The number of carbonyl (C=O) groups is 1. The molecule has 1 aliphatic rings. The summed E-state index contributed by atoms with van der Waals surface area (Å²) in [6.07, 6.45) is 3.30. The van der Waals surface area contributed by atoms with Gasteiger partial charge in [0.2, 0.25) is 0 Å². The number of amides is 1. The highest BCUT2D eigenvalue weighted by Crippen LogP contribution is 2.37. The standard InChI is InChI=1S/C18H15FN4O2S/c1-23-14(9-13(22-23)15-7-4-8-25-15)18-20-10-16(26-18)21-17(24)11-5-2-3-6-12(11)19/h2-10,18,20H,1H3,(H,21,24). The number of benzene rings is 1. The Labute approximate surface area is 153 Å². The molecule has 1 aromatic carbocycles. The fraction of sp³-hybridized carbons (Fsp3) is 0.111. The smallest absolute Gasteiger partial charge is 0.259 e. The molecule has 1 amide bonds. The Morgan fingerprint density at radius 1 is 1.35 bits per heavy atom. The lowest BCUT2D eigenvalue weighted by Crippen LogP contribution is -2.21. The summed E-state index contributed by atoms with van der Waals surface area (Å²) in [6.45, 7) is 0. The molecule has 0 fully saturated rings. The summed E-state index contributed by atoms with van der Waals surface area (Å²) in [5.74, 6) is -0.339. The van der Waals surface area contributed by atoms with Crippen molar-refractivity contribution in [3.63, 3.8) is 0 Å². The van der Waals surface area contributed by atoms with Crippen LogP contribution in [0.1, 0.15) is 21.4 Å². The molecule has 0 aliphatic carbocycles. The van der Waals surface area contributed by atoms with Gasteiger partial charge < -0.3 is 15.1 Å². The summed E-state index contributed by atoms with van der Waals surface area (Å²) >= 11 is 1.42. The normalized spacial score (nSPS) is 16.2. The number of nitrogens with zero attached hydrogens (tertiary/aromatic N) is 2. The zero-order chi connectivity index (χ0) is 18.1. The van der Waals surface area contributed by atoms with Gasteiger partial charge in [0.25, 0.3) is 5.91 Å². The van der Waals surface area contributed by atoms with E-state index in [4.69, 9.17) is 4.42 Å². The number of hydrogen-bond acceptors (Lipinski definition) is 5. The Kier molecular flexibility index (Phi) is 4.26. The monoisotopic (exact) mass is 370 g/mol. The fourth-order valence-corrected chi connectivity index (χ4v) is 3.67. The largest absolute Gasteiger partial charge is 0.463 e. The molecular weight excluding hydrogens is 355 g/mol. The Balaban J connectivity index is 1.45. The summed E-state index contributed by atoms with van der Waals surface area (Å²) in [5.41, 5.74) is 1.67. The molecule has 132 valence electrons. The molecule has 8 heteroatoms. The molecule has 2 N–H and O–H groups in total. The molecule has 1 unspecified atom stereocenters. The average molecular weight is 370 g/mol. The van der Waals surface area contributed by atoms with Crippen LogP contribution >= 0.6 is 11.8 Å². The number of rotatable bonds is 4. The highest BCUT2D eigenvalue weighted by molar-refractivity contribution is 8.03. The number of hydrogen-bond donors (Lipinski definition) is 2. The highest BCUT2D eigenvalue weighted by atomic mass is 32.2. The first-order valence-electron chi connectivity index (χ1n) is 7.88. The maximum absolute atomic E-state index is 13.7. The van der Waals surface area contributed by atoms with Gasteiger partial charge in [-0.1, -0.05) is 23.9 Å². The topological polar surface area (TPSA) is 72.1 Å². The molecule has 0 bridgehead atoms. The predicted octanol–water partition coefficient (Wildman–Crippen LogP) is 3.38. The molecule has 3 aromatic rings. The third-order valence-corrected chi connectivity index (χ3v) is 5.01. The zero-order valence-electron chi connectivity index (χ0n) is 13.8. The van der Waals surface area contributed by atoms with Crippen LogP contribution in [0.2, 0.25) is 0 Å². The molecule has 0 saturated carbocycles. The van der Waals surface area contributed by atoms with Gasteiger partial charge >= 0.3 is 0 Å². The van der Waals surface area contributed by atoms with Crippen molar-refractivity contribution in [2.24, 2.45) is 7.05 Å². The van der Waals surface area contributed by atoms with E-state index < -0.39 is 11.7 Å². The number of furan rings is 1. The second kappa shape index (κ2) is 6.72. The van der Waals surface area contributed by atoms with E-state index in [1.54, 1.807) is 29.3 Å². The summed E-state index contributed by atoms with van der Waals surface area (Å²) in [7, 11) is 1.85. The Bertz CT molecular complexity index is 981. The zero-order valence-corrected chi connectivity index (χ0v) is 14.6. The molecule has 4 rings (SSSR count). The Hall–Kier alpha value is -3.00. The minimum absolute atomic E-state index is 0.0121. The van der Waals surface area contributed by atoms with Gasteiger partial charge in [-0.2, -0.15) is 5.10 Å². The summed E-state index contributed by atoms with van der Waals surface area (Å²) in [5, 5.41) is 10.9. The van der Waals surface area contributed by atoms with E-state index in [1.807, 2.05) is 25.2 Å². The van der Waals surface area contributed by atoms with Crippen molar-refractivity contribution in [2.75, 3.05) is 0 Å². The second-order valence-electron chi connectivity index (χ2n) is 5.66. The number of carbonyl (C=O) groups excluding carboxylic acids is 1. The second-order valence-corrected chi connectivity index (χ2v) is 6.81. The summed E-state index contributed by atoms with van der Waals surface area (Å²) < 4.78 is 20.9. The van der Waals surface area contributed by atoms with Gasteiger partial charge in [0.05, 0.1) is 22.5 Å². The number of halogens is 1. The van der Waals surface area contributed by atoms with Crippen molar-refractivity contribution in [1.29, 1.82) is 0 Å². The number of aryl methyl sites for hydroxylation is 1. The SMILES string of the molecule is Cn1nc(-c2ccco2)cc1C1NC=C(NC(=O)c2ccccc2F)S1. The van der Waals surface area contributed by atoms with E-state index in [-0.39, 0.29) is 10.9 Å².